The highest BCUT2D eigenvalue weighted by Gasteiger charge is 2.30. The fourth-order valence-electron chi connectivity index (χ4n) is 2.70. The lowest BCUT2D eigenvalue weighted by Gasteiger charge is -2.36. The number of rotatable bonds is 7. The zero-order valence-corrected chi connectivity index (χ0v) is 12.8. The maximum absolute atomic E-state index is 11.2. The van der Waals surface area contributed by atoms with Crippen LogP contribution < -0.4 is 5.32 Å². The molecule has 1 aliphatic rings. The Kier molecular flexibility index (Phi) is 6.23. The molecule has 0 spiro atoms. The lowest BCUT2D eigenvalue weighted by atomic mass is 9.95. The van der Waals surface area contributed by atoms with Gasteiger partial charge in [-0.3, -0.25) is 4.79 Å². The van der Waals surface area contributed by atoms with E-state index in [1.54, 1.807) is 14.0 Å². The molecule has 0 aliphatic carbocycles. The predicted octanol–water partition coefficient (Wildman–Crippen LogP) is 0.855. The lowest BCUT2D eigenvalue weighted by Crippen LogP contribution is -2.48. The second-order valence-corrected chi connectivity index (χ2v) is 6.03. The number of hydrogen-bond acceptors (Lipinski definition) is 4. The first-order valence-electron chi connectivity index (χ1n) is 7.20. The Morgan fingerprint density at radius 2 is 2.26 bits per heavy atom. The third-order valence-corrected chi connectivity index (χ3v) is 4.43. The van der Waals surface area contributed by atoms with E-state index in [0.29, 0.717) is 12.5 Å². The van der Waals surface area contributed by atoms with Crippen LogP contribution in [0.4, 0.5) is 0 Å². The normalized spacial score (nSPS) is 24.4. The molecule has 0 radical (unpaired) electrons. The van der Waals surface area contributed by atoms with Crippen molar-refractivity contribution in [3.63, 3.8) is 0 Å². The van der Waals surface area contributed by atoms with Gasteiger partial charge < -0.3 is 20.2 Å². The number of carbonyl (C=O) groups is 1. The molecular weight excluding hydrogens is 242 g/mol. The van der Waals surface area contributed by atoms with Crippen LogP contribution >= 0.6 is 0 Å². The van der Waals surface area contributed by atoms with Crippen molar-refractivity contribution < 1.29 is 9.90 Å². The van der Waals surface area contributed by atoms with Crippen molar-refractivity contribution in [1.29, 1.82) is 0 Å². The molecule has 5 nitrogen and oxygen atoms in total. The number of nitrogens with zero attached hydrogens (tertiary/aromatic N) is 2. The van der Waals surface area contributed by atoms with E-state index in [-0.39, 0.29) is 0 Å². The summed E-state index contributed by atoms with van der Waals surface area (Å²) in [7, 11) is 6.04. The van der Waals surface area contributed by atoms with Crippen molar-refractivity contribution in [2.24, 2.45) is 0 Å². The summed E-state index contributed by atoms with van der Waals surface area (Å²) in [5, 5.41) is 12.1. The topological polar surface area (TPSA) is 55.8 Å². The molecule has 1 saturated heterocycles. The molecule has 0 saturated carbocycles. The van der Waals surface area contributed by atoms with E-state index in [4.69, 9.17) is 0 Å². The number of likely N-dealkylation sites (tertiary alicyclic amines) is 1. The van der Waals surface area contributed by atoms with Crippen molar-refractivity contribution in [1.82, 2.24) is 15.1 Å². The Bertz CT molecular complexity index is 298. The molecule has 2 atom stereocenters. The predicted molar refractivity (Wildman–Crippen MR) is 77.5 cm³/mol. The van der Waals surface area contributed by atoms with Gasteiger partial charge in [0.05, 0.1) is 0 Å². The van der Waals surface area contributed by atoms with Gasteiger partial charge in [-0.2, -0.15) is 0 Å². The van der Waals surface area contributed by atoms with Gasteiger partial charge in [-0.05, 0) is 66.8 Å². The van der Waals surface area contributed by atoms with E-state index in [2.05, 4.69) is 29.2 Å². The highest BCUT2D eigenvalue weighted by Crippen LogP contribution is 2.16. The minimum absolute atomic E-state index is 0.615. The van der Waals surface area contributed by atoms with Gasteiger partial charge in [0, 0.05) is 12.6 Å². The SMILES string of the molecule is CNC(C)(CCCN(C)C1CCCN(C)C1)C(=O)O. The van der Waals surface area contributed by atoms with Crippen LogP contribution in [0, 0.1) is 0 Å². The molecule has 2 unspecified atom stereocenters. The number of aliphatic carboxylic acids is 1. The van der Waals surface area contributed by atoms with Crippen LogP contribution in [0.5, 0.6) is 0 Å². The van der Waals surface area contributed by atoms with Crippen molar-refractivity contribution in [3.05, 3.63) is 0 Å². The Hall–Kier alpha value is -0.650. The molecule has 0 bridgehead atoms. The Morgan fingerprint density at radius 1 is 1.58 bits per heavy atom. The minimum Gasteiger partial charge on any atom is -0.480 e. The van der Waals surface area contributed by atoms with Gasteiger partial charge in [0.15, 0.2) is 0 Å². The van der Waals surface area contributed by atoms with E-state index >= 15 is 0 Å². The smallest absolute Gasteiger partial charge is 0.323 e. The summed E-state index contributed by atoms with van der Waals surface area (Å²) in [5.74, 6) is -0.768. The summed E-state index contributed by atoms with van der Waals surface area (Å²) in [5.41, 5.74) is -0.801. The number of hydrogen-bond donors (Lipinski definition) is 2. The maximum Gasteiger partial charge on any atom is 0.323 e. The quantitative estimate of drug-likeness (QED) is 0.719. The molecule has 1 heterocycles. The van der Waals surface area contributed by atoms with E-state index < -0.39 is 11.5 Å². The summed E-state index contributed by atoms with van der Waals surface area (Å²) in [6.45, 7) is 5.03. The molecule has 0 aromatic rings. The Morgan fingerprint density at radius 3 is 2.79 bits per heavy atom. The van der Waals surface area contributed by atoms with Gasteiger partial charge in [0.25, 0.3) is 0 Å². The monoisotopic (exact) mass is 271 g/mol. The van der Waals surface area contributed by atoms with Gasteiger partial charge in [-0.25, -0.2) is 0 Å². The molecular formula is C14H29N3O2. The molecule has 112 valence electrons. The summed E-state index contributed by atoms with van der Waals surface area (Å²) >= 11 is 0. The van der Waals surface area contributed by atoms with Gasteiger partial charge >= 0.3 is 5.97 Å². The van der Waals surface area contributed by atoms with Crippen molar-refractivity contribution in [2.45, 2.75) is 44.2 Å². The van der Waals surface area contributed by atoms with Crippen molar-refractivity contribution in [3.8, 4) is 0 Å². The number of nitrogens with one attached hydrogen (secondary N) is 1. The third-order valence-electron chi connectivity index (χ3n) is 4.43. The van der Waals surface area contributed by atoms with Crippen LogP contribution in [-0.2, 0) is 4.79 Å². The van der Waals surface area contributed by atoms with Gasteiger partial charge in [0.1, 0.15) is 5.54 Å². The van der Waals surface area contributed by atoms with Crippen LogP contribution in [-0.4, -0.2) is 73.2 Å². The van der Waals surface area contributed by atoms with Gasteiger partial charge in [-0.1, -0.05) is 0 Å². The van der Waals surface area contributed by atoms with Crippen LogP contribution in [0.25, 0.3) is 0 Å². The molecule has 1 aliphatic heterocycles. The minimum atomic E-state index is -0.801. The molecule has 0 aromatic heterocycles. The Balaban J connectivity index is 2.33. The second-order valence-electron chi connectivity index (χ2n) is 6.03. The second kappa shape index (κ2) is 7.22. The summed E-state index contributed by atoms with van der Waals surface area (Å²) in [6.07, 6.45) is 4.07. The van der Waals surface area contributed by atoms with Crippen molar-refractivity contribution >= 4 is 5.97 Å². The van der Waals surface area contributed by atoms with Crippen LogP contribution in [0.3, 0.4) is 0 Å². The molecule has 0 amide bonds. The number of piperidine rings is 1. The first-order valence-corrected chi connectivity index (χ1v) is 7.20. The largest absolute Gasteiger partial charge is 0.480 e. The molecule has 1 fully saturated rings. The average molecular weight is 271 g/mol. The zero-order chi connectivity index (χ0) is 14.5. The first kappa shape index (κ1) is 16.4. The number of likely N-dealkylation sites (N-methyl/N-ethyl adjacent to an activating group) is 3. The molecule has 1 rings (SSSR count). The highest BCUT2D eigenvalue weighted by molar-refractivity contribution is 5.78. The third kappa shape index (κ3) is 4.75. The van der Waals surface area contributed by atoms with Crippen LogP contribution in [0.2, 0.25) is 0 Å². The Labute approximate surface area is 117 Å². The van der Waals surface area contributed by atoms with E-state index in [1.807, 2.05) is 0 Å². The van der Waals surface area contributed by atoms with Crippen molar-refractivity contribution in [2.75, 3.05) is 40.8 Å². The fourth-order valence-corrected chi connectivity index (χ4v) is 2.70. The molecule has 5 heteroatoms. The maximum atomic E-state index is 11.2. The summed E-state index contributed by atoms with van der Waals surface area (Å²) in [4.78, 5) is 15.9. The zero-order valence-electron chi connectivity index (χ0n) is 12.8. The standard InChI is InChI=1S/C14H29N3O2/c1-14(15-2,13(18)19)8-6-10-17(4)12-7-5-9-16(3)11-12/h12,15H,5-11H2,1-4H3,(H,18,19). The van der Waals surface area contributed by atoms with Crippen LogP contribution in [0.15, 0.2) is 0 Å². The van der Waals surface area contributed by atoms with Gasteiger partial charge in [-0.15, -0.1) is 0 Å². The highest BCUT2D eigenvalue weighted by atomic mass is 16.4. The van der Waals surface area contributed by atoms with Crippen LogP contribution in [0.1, 0.15) is 32.6 Å². The first-order chi connectivity index (χ1) is 8.89. The molecule has 19 heavy (non-hydrogen) atoms. The lowest BCUT2D eigenvalue weighted by molar-refractivity contribution is -0.144. The summed E-state index contributed by atoms with van der Waals surface area (Å²) < 4.78 is 0. The molecule has 0 aromatic carbocycles. The van der Waals surface area contributed by atoms with E-state index in [0.717, 1.165) is 19.5 Å². The number of carboxylic acid groups (broad SMARTS) is 1. The van der Waals surface area contributed by atoms with Gasteiger partial charge in [0.2, 0.25) is 0 Å². The average Bonchev–Trinajstić information content (AvgIpc) is 2.38. The fraction of sp³-hybridized carbons (Fsp3) is 0.929. The number of carboxylic acids is 1. The molecule has 2 N–H and O–H groups in total. The summed E-state index contributed by atoms with van der Waals surface area (Å²) in [6, 6.07) is 0.615. The van der Waals surface area contributed by atoms with E-state index in [1.165, 1.54) is 19.4 Å². The van der Waals surface area contributed by atoms with E-state index in [9.17, 15) is 9.90 Å².